The lowest BCUT2D eigenvalue weighted by atomic mass is 10.2. The van der Waals surface area contributed by atoms with Crippen molar-refractivity contribution in [2.45, 2.75) is 6.92 Å². The van der Waals surface area contributed by atoms with Gasteiger partial charge < -0.3 is 4.74 Å². The Balaban J connectivity index is 1.83. The van der Waals surface area contributed by atoms with Crippen molar-refractivity contribution < 1.29 is 9.53 Å². The molecule has 0 spiro atoms. The summed E-state index contributed by atoms with van der Waals surface area (Å²) >= 11 is 11.7. The number of rotatable bonds is 5. The highest BCUT2D eigenvalue weighted by atomic mass is 35.5. The summed E-state index contributed by atoms with van der Waals surface area (Å²) in [5, 5.41) is 4.74. The second kappa shape index (κ2) is 7.82. The van der Waals surface area contributed by atoms with E-state index in [1.165, 1.54) is 6.21 Å². The smallest absolute Gasteiger partial charge is 0.277 e. The van der Waals surface area contributed by atoms with Crippen molar-refractivity contribution in [1.29, 1.82) is 0 Å². The molecule has 0 heterocycles. The van der Waals surface area contributed by atoms with Crippen LogP contribution in [0.5, 0.6) is 5.75 Å². The number of ether oxygens (including phenoxy) is 1. The molecule has 2 aromatic rings. The number of benzene rings is 2. The van der Waals surface area contributed by atoms with E-state index in [-0.39, 0.29) is 12.5 Å². The minimum atomic E-state index is -0.348. The van der Waals surface area contributed by atoms with Gasteiger partial charge in [-0.2, -0.15) is 5.10 Å². The number of para-hydroxylation sites is 1. The van der Waals surface area contributed by atoms with Crippen molar-refractivity contribution in [3.63, 3.8) is 0 Å². The number of nitrogens with zero attached hydrogens (tertiary/aromatic N) is 1. The van der Waals surface area contributed by atoms with Crippen molar-refractivity contribution in [3.05, 3.63) is 63.6 Å². The molecule has 0 saturated carbocycles. The molecule has 2 rings (SSSR count). The van der Waals surface area contributed by atoms with Crippen LogP contribution in [0.2, 0.25) is 10.0 Å². The molecule has 0 aliphatic carbocycles. The van der Waals surface area contributed by atoms with Crippen LogP contribution in [0.3, 0.4) is 0 Å². The molecule has 0 aliphatic heterocycles. The second-order valence-corrected chi connectivity index (χ2v) is 5.34. The molecule has 22 heavy (non-hydrogen) atoms. The van der Waals surface area contributed by atoms with Gasteiger partial charge in [-0.15, -0.1) is 0 Å². The Labute approximate surface area is 138 Å². The molecule has 114 valence electrons. The topological polar surface area (TPSA) is 50.7 Å². The Hall–Kier alpha value is -2.04. The third kappa shape index (κ3) is 4.76. The summed E-state index contributed by atoms with van der Waals surface area (Å²) in [6.45, 7) is 1.80. The van der Waals surface area contributed by atoms with Crippen LogP contribution in [0.1, 0.15) is 11.1 Å². The first-order valence-electron chi connectivity index (χ1n) is 6.51. The number of hydrogen-bond donors (Lipinski definition) is 1. The maximum Gasteiger partial charge on any atom is 0.277 e. The first-order valence-corrected chi connectivity index (χ1v) is 7.27. The van der Waals surface area contributed by atoms with Gasteiger partial charge in [-0.3, -0.25) is 4.79 Å². The number of halogens is 2. The first kappa shape index (κ1) is 16.3. The standard InChI is InChI=1S/C16H14Cl2N2O2/c1-11-4-2-3-5-15(11)22-10-16(21)20-19-9-12-6-7-13(17)14(18)8-12/h2-9H,10H2,1H3,(H,20,21)/b19-9+. The van der Waals surface area contributed by atoms with Gasteiger partial charge in [-0.05, 0) is 36.2 Å². The summed E-state index contributed by atoms with van der Waals surface area (Å²) in [5.74, 6) is 0.325. The zero-order valence-electron chi connectivity index (χ0n) is 11.8. The minimum Gasteiger partial charge on any atom is -0.483 e. The SMILES string of the molecule is Cc1ccccc1OCC(=O)N/N=C/c1ccc(Cl)c(Cl)c1. The second-order valence-electron chi connectivity index (χ2n) is 4.52. The number of aryl methyl sites for hydroxylation is 1. The van der Waals surface area contributed by atoms with Gasteiger partial charge in [0.1, 0.15) is 5.75 Å². The van der Waals surface area contributed by atoms with Gasteiger partial charge in [0.2, 0.25) is 0 Å². The summed E-state index contributed by atoms with van der Waals surface area (Å²) in [4.78, 5) is 11.6. The molecule has 1 amide bonds. The molecule has 0 radical (unpaired) electrons. The van der Waals surface area contributed by atoms with E-state index >= 15 is 0 Å². The predicted molar refractivity (Wildman–Crippen MR) is 88.9 cm³/mol. The number of amides is 1. The summed E-state index contributed by atoms with van der Waals surface area (Å²) in [5.41, 5.74) is 4.08. The minimum absolute atomic E-state index is 0.108. The maximum atomic E-state index is 11.6. The Morgan fingerprint density at radius 1 is 1.23 bits per heavy atom. The third-order valence-electron chi connectivity index (χ3n) is 2.80. The van der Waals surface area contributed by atoms with Crippen molar-refractivity contribution in [2.24, 2.45) is 5.10 Å². The zero-order chi connectivity index (χ0) is 15.9. The fourth-order valence-electron chi connectivity index (χ4n) is 1.67. The third-order valence-corrected chi connectivity index (χ3v) is 3.54. The van der Waals surface area contributed by atoms with Crippen LogP contribution in [-0.2, 0) is 4.79 Å². The molecule has 1 N–H and O–H groups in total. The van der Waals surface area contributed by atoms with Crippen LogP contribution in [-0.4, -0.2) is 18.7 Å². The Morgan fingerprint density at radius 2 is 2.00 bits per heavy atom. The normalized spacial score (nSPS) is 10.7. The van der Waals surface area contributed by atoms with Gasteiger partial charge in [-0.1, -0.05) is 47.5 Å². The molecule has 0 aliphatic rings. The first-order chi connectivity index (χ1) is 10.6. The molecule has 0 saturated heterocycles. The molecule has 6 heteroatoms. The van der Waals surface area contributed by atoms with Crippen LogP contribution in [0, 0.1) is 6.92 Å². The summed E-state index contributed by atoms with van der Waals surface area (Å²) in [6.07, 6.45) is 1.48. The fourth-order valence-corrected chi connectivity index (χ4v) is 1.97. The lowest BCUT2D eigenvalue weighted by Crippen LogP contribution is -2.24. The van der Waals surface area contributed by atoms with E-state index in [1.54, 1.807) is 18.2 Å². The van der Waals surface area contributed by atoms with Crippen LogP contribution in [0.15, 0.2) is 47.6 Å². The van der Waals surface area contributed by atoms with E-state index in [2.05, 4.69) is 10.5 Å². The quantitative estimate of drug-likeness (QED) is 0.666. The highest BCUT2D eigenvalue weighted by Gasteiger charge is 2.03. The number of nitrogens with one attached hydrogen (secondary N) is 1. The number of hydrazone groups is 1. The molecular weight excluding hydrogens is 323 g/mol. The highest BCUT2D eigenvalue weighted by Crippen LogP contribution is 2.21. The van der Waals surface area contributed by atoms with Crippen molar-refractivity contribution in [1.82, 2.24) is 5.43 Å². The van der Waals surface area contributed by atoms with Gasteiger partial charge >= 0.3 is 0 Å². The Kier molecular flexibility index (Phi) is 5.81. The monoisotopic (exact) mass is 336 g/mol. The average molecular weight is 337 g/mol. The van der Waals surface area contributed by atoms with E-state index < -0.39 is 0 Å². The number of hydrogen-bond acceptors (Lipinski definition) is 3. The van der Waals surface area contributed by atoms with Gasteiger partial charge in [0.05, 0.1) is 16.3 Å². The highest BCUT2D eigenvalue weighted by molar-refractivity contribution is 6.42. The molecular formula is C16H14Cl2N2O2. The van der Waals surface area contributed by atoms with E-state index in [0.29, 0.717) is 15.8 Å². The molecule has 0 fully saturated rings. The van der Waals surface area contributed by atoms with Crippen LogP contribution < -0.4 is 10.2 Å². The fraction of sp³-hybridized carbons (Fsp3) is 0.125. The van der Waals surface area contributed by atoms with Crippen LogP contribution in [0.4, 0.5) is 0 Å². The van der Waals surface area contributed by atoms with E-state index in [1.807, 2.05) is 31.2 Å². The van der Waals surface area contributed by atoms with Crippen molar-refractivity contribution in [2.75, 3.05) is 6.61 Å². The average Bonchev–Trinajstić information content (AvgIpc) is 2.50. The lowest BCUT2D eigenvalue weighted by Gasteiger charge is -2.07. The largest absolute Gasteiger partial charge is 0.483 e. The van der Waals surface area contributed by atoms with Gasteiger partial charge in [0.25, 0.3) is 5.91 Å². The van der Waals surface area contributed by atoms with E-state index in [9.17, 15) is 4.79 Å². The van der Waals surface area contributed by atoms with Crippen LogP contribution in [0.25, 0.3) is 0 Å². The van der Waals surface area contributed by atoms with Crippen molar-refractivity contribution in [3.8, 4) is 5.75 Å². The van der Waals surface area contributed by atoms with Gasteiger partial charge in [0, 0.05) is 0 Å². The Morgan fingerprint density at radius 3 is 2.73 bits per heavy atom. The molecule has 4 nitrogen and oxygen atoms in total. The van der Waals surface area contributed by atoms with E-state index in [4.69, 9.17) is 27.9 Å². The molecule has 0 aromatic heterocycles. The number of carbonyl (C=O) groups excluding carboxylic acids is 1. The zero-order valence-corrected chi connectivity index (χ0v) is 13.4. The van der Waals surface area contributed by atoms with Crippen LogP contribution >= 0.6 is 23.2 Å². The molecule has 2 aromatic carbocycles. The molecule has 0 atom stereocenters. The van der Waals surface area contributed by atoms with Crippen molar-refractivity contribution >= 4 is 35.3 Å². The van der Waals surface area contributed by atoms with E-state index in [0.717, 1.165) is 11.1 Å². The lowest BCUT2D eigenvalue weighted by molar-refractivity contribution is -0.123. The summed E-state index contributed by atoms with van der Waals surface area (Å²) in [7, 11) is 0. The predicted octanol–water partition coefficient (Wildman–Crippen LogP) is 3.83. The molecule has 0 unspecified atom stereocenters. The maximum absolute atomic E-state index is 11.6. The number of carbonyl (C=O) groups is 1. The van der Waals surface area contributed by atoms with Gasteiger partial charge in [0.15, 0.2) is 6.61 Å². The Bertz CT molecular complexity index is 702. The summed E-state index contributed by atoms with van der Waals surface area (Å²) < 4.78 is 5.41. The summed E-state index contributed by atoms with van der Waals surface area (Å²) in [6, 6.07) is 12.5. The molecule has 0 bridgehead atoms. The van der Waals surface area contributed by atoms with Gasteiger partial charge in [-0.25, -0.2) is 5.43 Å².